The van der Waals surface area contributed by atoms with Crippen LogP contribution in [0.5, 0.6) is 0 Å². The molecule has 0 aliphatic rings. The van der Waals surface area contributed by atoms with Crippen LogP contribution in [0.15, 0.2) is 41.4 Å². The number of halogens is 4. The molecule has 2 aromatic heterocycles. The zero-order valence-electron chi connectivity index (χ0n) is 15.6. The highest BCUT2D eigenvalue weighted by Gasteiger charge is 2.32. The van der Waals surface area contributed by atoms with E-state index in [1.807, 2.05) is 0 Å². The fourth-order valence-electron chi connectivity index (χ4n) is 2.55. The maximum atomic E-state index is 13.0. The number of alkyl halides is 3. The lowest BCUT2D eigenvalue weighted by molar-refractivity contribution is -0.137. The highest BCUT2D eigenvalue weighted by Crippen LogP contribution is 2.32. The van der Waals surface area contributed by atoms with E-state index in [2.05, 4.69) is 15.5 Å². The minimum Gasteiger partial charge on any atom is -0.345 e. The van der Waals surface area contributed by atoms with Gasteiger partial charge >= 0.3 is 6.18 Å². The Labute approximate surface area is 174 Å². The highest BCUT2D eigenvalue weighted by atomic mass is 35.5. The molecule has 0 saturated heterocycles. The number of sulfonamides is 1. The minimum atomic E-state index is -4.62. The van der Waals surface area contributed by atoms with E-state index in [0.29, 0.717) is 0 Å². The molecular weight excluding hydrogens is 447 g/mol. The van der Waals surface area contributed by atoms with Crippen molar-refractivity contribution in [2.45, 2.75) is 17.6 Å². The fourth-order valence-corrected chi connectivity index (χ4v) is 3.74. The van der Waals surface area contributed by atoms with Crippen molar-refractivity contribution in [3.63, 3.8) is 0 Å². The Hall–Kier alpha value is -2.70. The Kier molecular flexibility index (Phi) is 5.76. The molecule has 0 aliphatic carbocycles. The normalized spacial score (nSPS) is 12.5. The van der Waals surface area contributed by atoms with Crippen molar-refractivity contribution in [1.29, 1.82) is 0 Å². The number of benzene rings is 1. The lowest BCUT2D eigenvalue weighted by atomic mass is 10.2. The molecule has 0 radical (unpaired) electrons. The summed E-state index contributed by atoms with van der Waals surface area (Å²) in [7, 11) is -1.02. The predicted octanol–water partition coefficient (Wildman–Crippen LogP) is 2.58. The summed E-state index contributed by atoms with van der Waals surface area (Å²) in [5.74, 6) is -0.621. The Morgan fingerprint density at radius 3 is 2.57 bits per heavy atom. The fraction of sp³-hybridized carbons (Fsp3) is 0.235. The molecule has 0 unspecified atom stereocenters. The monoisotopic (exact) mass is 461 g/mol. The smallest absolute Gasteiger partial charge is 0.345 e. The van der Waals surface area contributed by atoms with Gasteiger partial charge in [0.05, 0.1) is 22.0 Å². The Morgan fingerprint density at radius 1 is 1.23 bits per heavy atom. The van der Waals surface area contributed by atoms with E-state index < -0.39 is 27.7 Å². The van der Waals surface area contributed by atoms with Gasteiger partial charge in [0.15, 0.2) is 11.5 Å². The average Bonchev–Trinajstić information content (AvgIpc) is 3.09. The molecule has 2 heterocycles. The summed E-state index contributed by atoms with van der Waals surface area (Å²) in [6.07, 6.45) is -3.84. The summed E-state index contributed by atoms with van der Waals surface area (Å²) >= 11 is 5.85. The molecular formula is C17H15ClF3N5O3S. The number of carbonyl (C=O) groups is 1. The molecule has 0 aliphatic heterocycles. The Morgan fingerprint density at radius 2 is 1.93 bits per heavy atom. The van der Waals surface area contributed by atoms with Crippen molar-refractivity contribution >= 4 is 33.2 Å². The van der Waals surface area contributed by atoms with E-state index in [4.69, 9.17) is 11.6 Å². The van der Waals surface area contributed by atoms with Crippen molar-refractivity contribution in [3.8, 4) is 0 Å². The van der Waals surface area contributed by atoms with Crippen molar-refractivity contribution in [1.82, 2.24) is 24.2 Å². The van der Waals surface area contributed by atoms with Crippen molar-refractivity contribution in [2.24, 2.45) is 0 Å². The lowest BCUT2D eigenvalue weighted by Gasteiger charge is -2.12. The van der Waals surface area contributed by atoms with E-state index in [9.17, 15) is 26.4 Å². The average molecular weight is 462 g/mol. The number of pyridine rings is 1. The first-order chi connectivity index (χ1) is 13.9. The number of rotatable bonds is 5. The van der Waals surface area contributed by atoms with Crippen LogP contribution in [0.3, 0.4) is 0 Å². The van der Waals surface area contributed by atoms with Crippen LogP contribution < -0.4 is 5.32 Å². The van der Waals surface area contributed by atoms with Gasteiger partial charge < -0.3 is 5.32 Å². The van der Waals surface area contributed by atoms with Gasteiger partial charge in [-0.3, -0.25) is 9.20 Å². The summed E-state index contributed by atoms with van der Waals surface area (Å²) in [6, 6.07) is 6.10. The van der Waals surface area contributed by atoms with Crippen LogP contribution in [0, 0.1) is 0 Å². The van der Waals surface area contributed by atoms with Gasteiger partial charge in [0.25, 0.3) is 5.91 Å². The number of aromatic nitrogens is 3. The molecule has 1 N–H and O–H groups in total. The first-order valence-electron chi connectivity index (χ1n) is 8.32. The predicted molar refractivity (Wildman–Crippen MR) is 101 cm³/mol. The maximum absolute atomic E-state index is 13.0. The molecule has 0 fully saturated rings. The second kappa shape index (κ2) is 7.85. The highest BCUT2D eigenvalue weighted by molar-refractivity contribution is 7.89. The minimum absolute atomic E-state index is 0.00740. The second-order valence-corrected chi connectivity index (χ2v) is 8.94. The second-order valence-electron chi connectivity index (χ2n) is 6.38. The summed E-state index contributed by atoms with van der Waals surface area (Å²) < 4.78 is 65.5. The number of fused-ring (bicyclic) bond motifs is 1. The third-order valence-electron chi connectivity index (χ3n) is 4.14. The van der Waals surface area contributed by atoms with Gasteiger partial charge in [0, 0.05) is 25.9 Å². The molecule has 3 aromatic rings. The van der Waals surface area contributed by atoms with Gasteiger partial charge in [-0.25, -0.2) is 12.7 Å². The molecule has 1 amide bonds. The molecule has 0 atom stereocenters. The van der Waals surface area contributed by atoms with E-state index >= 15 is 0 Å². The molecule has 13 heteroatoms. The summed E-state index contributed by atoms with van der Waals surface area (Å²) in [5, 5.41) is 9.75. The number of carbonyl (C=O) groups excluding carboxylic acids is 1. The SMILES string of the molecule is CN(C)S(=O)(=O)c1cccc(C(=O)NCc2nnc3c(Cl)cc(C(F)(F)F)cn23)c1. The molecule has 3 rings (SSSR count). The molecule has 0 spiro atoms. The van der Waals surface area contributed by atoms with Gasteiger partial charge in [0.2, 0.25) is 10.0 Å². The Bertz CT molecular complexity index is 1230. The molecule has 1 aromatic carbocycles. The molecule has 30 heavy (non-hydrogen) atoms. The van der Waals surface area contributed by atoms with Crippen LogP contribution in [-0.2, 0) is 22.7 Å². The zero-order chi connectivity index (χ0) is 22.3. The van der Waals surface area contributed by atoms with Crippen molar-refractivity contribution < 1.29 is 26.4 Å². The van der Waals surface area contributed by atoms with Crippen LogP contribution >= 0.6 is 11.6 Å². The van der Waals surface area contributed by atoms with Crippen LogP contribution in [0.2, 0.25) is 5.02 Å². The maximum Gasteiger partial charge on any atom is 0.417 e. The number of hydrogen-bond acceptors (Lipinski definition) is 5. The summed E-state index contributed by atoms with van der Waals surface area (Å²) in [6.45, 7) is -0.262. The van der Waals surface area contributed by atoms with Gasteiger partial charge in [-0.15, -0.1) is 10.2 Å². The van der Waals surface area contributed by atoms with Crippen LogP contribution in [0.1, 0.15) is 21.7 Å². The summed E-state index contributed by atoms with van der Waals surface area (Å²) in [4.78, 5) is 12.4. The quantitative estimate of drug-likeness (QED) is 0.630. The number of amides is 1. The van der Waals surface area contributed by atoms with Gasteiger partial charge in [0.1, 0.15) is 0 Å². The van der Waals surface area contributed by atoms with E-state index in [1.54, 1.807) is 0 Å². The van der Waals surface area contributed by atoms with Crippen LogP contribution in [-0.4, -0.2) is 47.3 Å². The van der Waals surface area contributed by atoms with Crippen molar-refractivity contribution in [3.05, 3.63) is 58.5 Å². The van der Waals surface area contributed by atoms with Crippen LogP contribution in [0.25, 0.3) is 5.65 Å². The molecule has 0 saturated carbocycles. The topological polar surface area (TPSA) is 96.7 Å². The van der Waals surface area contributed by atoms with Crippen molar-refractivity contribution in [2.75, 3.05) is 14.1 Å². The first-order valence-corrected chi connectivity index (χ1v) is 10.1. The van der Waals surface area contributed by atoms with E-state index in [1.165, 1.54) is 38.4 Å². The van der Waals surface area contributed by atoms with E-state index in [-0.39, 0.29) is 33.5 Å². The zero-order valence-corrected chi connectivity index (χ0v) is 17.2. The third kappa shape index (κ3) is 4.25. The first kappa shape index (κ1) is 22.0. The lowest BCUT2D eigenvalue weighted by Crippen LogP contribution is -2.25. The molecule has 8 nitrogen and oxygen atoms in total. The van der Waals surface area contributed by atoms with Gasteiger partial charge in [-0.2, -0.15) is 13.2 Å². The Balaban J connectivity index is 1.85. The standard InChI is InChI=1S/C17H15ClF3N5O3S/c1-25(2)30(28,29)12-5-3-4-10(6-12)16(27)22-8-14-23-24-15-13(18)7-11(9-26(14)15)17(19,20)21/h3-7,9H,8H2,1-2H3,(H,22,27). The van der Waals surface area contributed by atoms with E-state index in [0.717, 1.165) is 21.0 Å². The van der Waals surface area contributed by atoms with Gasteiger partial charge in [-0.1, -0.05) is 17.7 Å². The number of nitrogens with zero attached hydrogens (tertiary/aromatic N) is 4. The number of nitrogens with one attached hydrogen (secondary N) is 1. The van der Waals surface area contributed by atoms with Gasteiger partial charge in [-0.05, 0) is 24.3 Å². The number of hydrogen-bond donors (Lipinski definition) is 1. The third-order valence-corrected chi connectivity index (χ3v) is 6.23. The summed E-state index contributed by atoms with van der Waals surface area (Å²) in [5.41, 5.74) is -0.928. The van der Waals surface area contributed by atoms with Crippen LogP contribution in [0.4, 0.5) is 13.2 Å². The largest absolute Gasteiger partial charge is 0.417 e. The molecule has 0 bridgehead atoms. The molecule has 160 valence electrons.